The lowest BCUT2D eigenvalue weighted by molar-refractivity contribution is 0.420. The number of aryl methyl sites for hydroxylation is 1. The van der Waals surface area contributed by atoms with E-state index in [2.05, 4.69) is 0 Å². The highest BCUT2D eigenvalue weighted by Gasteiger charge is 2.16. The van der Waals surface area contributed by atoms with E-state index in [0.29, 0.717) is 22.6 Å². The first-order valence-corrected chi connectivity index (χ1v) is 7.26. The Labute approximate surface area is 134 Å². The molecule has 0 saturated heterocycles. The van der Waals surface area contributed by atoms with Crippen molar-refractivity contribution in [1.29, 1.82) is 0 Å². The van der Waals surface area contributed by atoms with Gasteiger partial charge in [0.2, 0.25) is 0 Å². The van der Waals surface area contributed by atoms with Gasteiger partial charge < -0.3 is 14.4 Å². The molecule has 3 rings (SSSR count). The summed E-state index contributed by atoms with van der Waals surface area (Å²) >= 11 is 0. The van der Waals surface area contributed by atoms with Crippen molar-refractivity contribution in [3.8, 4) is 22.6 Å². The molecule has 3 nitrogen and oxygen atoms in total. The molecule has 0 atom stereocenters. The molecule has 5 heteroatoms. The van der Waals surface area contributed by atoms with E-state index < -0.39 is 7.69 Å². The molecule has 0 aromatic heterocycles. The minimum Gasteiger partial charge on any atom is -0.538 e. The highest BCUT2D eigenvalue weighted by atomic mass is 19.1. The molecular formula is C18H16BFO3. The number of hydrogen-bond donors (Lipinski definition) is 1. The fraction of sp³-hybridized carbons (Fsp3) is 0.111. The van der Waals surface area contributed by atoms with Crippen molar-refractivity contribution in [1.82, 2.24) is 0 Å². The Morgan fingerprint density at radius 2 is 1.61 bits per heavy atom. The average Bonchev–Trinajstić information content (AvgIpc) is 2.57. The van der Waals surface area contributed by atoms with Crippen LogP contribution in [0.2, 0.25) is 0 Å². The van der Waals surface area contributed by atoms with Crippen LogP contribution in [0.25, 0.3) is 21.9 Å². The monoisotopic (exact) mass is 310 g/mol. The quantitative estimate of drug-likeness (QED) is 0.748. The molecule has 0 unspecified atom stereocenters. The molecule has 0 aliphatic carbocycles. The number of fused-ring (bicyclic) bond motifs is 1. The zero-order chi connectivity index (χ0) is 16.4. The van der Waals surface area contributed by atoms with Crippen LogP contribution in [-0.2, 0) is 0 Å². The summed E-state index contributed by atoms with van der Waals surface area (Å²) in [5, 5.41) is 10.7. The maximum atomic E-state index is 14.1. The topological polar surface area (TPSA) is 38.7 Å². The zero-order valence-electron chi connectivity index (χ0n) is 13.0. The Hall–Kier alpha value is -2.53. The van der Waals surface area contributed by atoms with Gasteiger partial charge in [-0.1, -0.05) is 30.3 Å². The summed E-state index contributed by atoms with van der Waals surface area (Å²) in [4.78, 5) is 0. The molecule has 3 aromatic carbocycles. The van der Waals surface area contributed by atoms with Gasteiger partial charge in [0.05, 0.1) is 7.11 Å². The molecule has 0 aliphatic heterocycles. The van der Waals surface area contributed by atoms with Crippen LogP contribution >= 0.6 is 0 Å². The predicted molar refractivity (Wildman–Crippen MR) is 90.6 cm³/mol. The van der Waals surface area contributed by atoms with Gasteiger partial charge in [-0.15, -0.1) is 0 Å². The molecule has 0 aliphatic rings. The van der Waals surface area contributed by atoms with Crippen molar-refractivity contribution in [2.24, 2.45) is 0 Å². The Morgan fingerprint density at radius 1 is 0.913 bits per heavy atom. The van der Waals surface area contributed by atoms with Crippen molar-refractivity contribution in [2.45, 2.75) is 6.92 Å². The van der Waals surface area contributed by atoms with Crippen LogP contribution in [0.3, 0.4) is 0 Å². The van der Waals surface area contributed by atoms with Crippen molar-refractivity contribution in [2.75, 3.05) is 7.11 Å². The smallest absolute Gasteiger partial charge is 0.504 e. The van der Waals surface area contributed by atoms with Gasteiger partial charge in [0.1, 0.15) is 17.3 Å². The van der Waals surface area contributed by atoms with Crippen LogP contribution < -0.4 is 9.39 Å². The average molecular weight is 310 g/mol. The van der Waals surface area contributed by atoms with Gasteiger partial charge >= 0.3 is 7.69 Å². The summed E-state index contributed by atoms with van der Waals surface area (Å²) in [6.07, 6.45) is 0. The van der Waals surface area contributed by atoms with Gasteiger partial charge in [0, 0.05) is 21.9 Å². The van der Waals surface area contributed by atoms with Crippen molar-refractivity contribution >= 4 is 18.5 Å². The summed E-state index contributed by atoms with van der Waals surface area (Å²) in [6.45, 7) is 1.90. The number of methoxy groups -OCH3 is 1. The SMILES string of the molecule is COc1c(-c2ccccc2F)ccc2c(OBO)c(C)ccc12. The standard InChI is InChI=1S/C18H16BFO3/c1-11-7-8-15-14(17(11)23-19-21)10-9-13(18(15)22-2)12-5-3-4-6-16(12)20/h3-10,19,21H,1-2H3. The molecule has 23 heavy (non-hydrogen) atoms. The molecule has 116 valence electrons. The molecule has 0 bridgehead atoms. The second-order valence-electron chi connectivity index (χ2n) is 5.21. The maximum absolute atomic E-state index is 14.1. The highest BCUT2D eigenvalue weighted by Crippen LogP contribution is 2.41. The van der Waals surface area contributed by atoms with Crippen molar-refractivity contribution in [3.63, 3.8) is 0 Å². The van der Waals surface area contributed by atoms with Gasteiger partial charge in [0.25, 0.3) is 0 Å². The molecule has 0 fully saturated rings. The molecular weight excluding hydrogens is 294 g/mol. The van der Waals surface area contributed by atoms with E-state index in [4.69, 9.17) is 14.4 Å². The van der Waals surface area contributed by atoms with E-state index in [-0.39, 0.29) is 5.82 Å². The van der Waals surface area contributed by atoms with Crippen LogP contribution in [0.5, 0.6) is 11.5 Å². The lowest BCUT2D eigenvalue weighted by Crippen LogP contribution is -2.02. The first kappa shape index (κ1) is 15.4. The van der Waals surface area contributed by atoms with Gasteiger partial charge in [-0.05, 0) is 30.7 Å². The first-order valence-electron chi connectivity index (χ1n) is 7.26. The molecule has 1 N–H and O–H groups in total. The van der Waals surface area contributed by atoms with E-state index in [1.54, 1.807) is 25.3 Å². The zero-order valence-corrected chi connectivity index (χ0v) is 13.0. The molecule has 0 radical (unpaired) electrons. The fourth-order valence-electron chi connectivity index (χ4n) is 2.83. The summed E-state index contributed by atoms with van der Waals surface area (Å²) < 4.78 is 25.0. The van der Waals surface area contributed by atoms with Crippen molar-refractivity contribution in [3.05, 3.63) is 59.9 Å². The highest BCUT2D eigenvalue weighted by molar-refractivity contribution is 6.18. The Bertz CT molecular complexity index is 864. The third kappa shape index (κ3) is 2.64. The third-order valence-electron chi connectivity index (χ3n) is 3.88. The van der Waals surface area contributed by atoms with E-state index in [1.807, 2.05) is 31.2 Å². The number of benzene rings is 3. The van der Waals surface area contributed by atoms with E-state index in [1.165, 1.54) is 6.07 Å². The minimum absolute atomic E-state index is 0.302. The van der Waals surface area contributed by atoms with Crippen molar-refractivity contribution < 1.29 is 18.8 Å². The van der Waals surface area contributed by atoms with E-state index >= 15 is 0 Å². The second kappa shape index (κ2) is 6.30. The maximum Gasteiger partial charge on any atom is 0.504 e. The van der Waals surface area contributed by atoms with Crippen LogP contribution in [-0.4, -0.2) is 19.8 Å². The first-order chi connectivity index (χ1) is 11.2. The Kier molecular flexibility index (Phi) is 4.21. The van der Waals surface area contributed by atoms with Gasteiger partial charge in [-0.2, -0.15) is 0 Å². The molecule has 0 amide bonds. The van der Waals surface area contributed by atoms with Crippen LogP contribution in [0.1, 0.15) is 5.56 Å². The molecule has 0 spiro atoms. The number of rotatable bonds is 4. The van der Waals surface area contributed by atoms with E-state index in [9.17, 15) is 4.39 Å². The minimum atomic E-state index is -0.405. The van der Waals surface area contributed by atoms with Gasteiger partial charge in [-0.3, -0.25) is 0 Å². The largest absolute Gasteiger partial charge is 0.538 e. The normalized spacial score (nSPS) is 10.6. The van der Waals surface area contributed by atoms with E-state index in [0.717, 1.165) is 16.3 Å². The Morgan fingerprint density at radius 3 is 2.30 bits per heavy atom. The third-order valence-corrected chi connectivity index (χ3v) is 3.88. The summed E-state index contributed by atoms with van der Waals surface area (Å²) in [6, 6.07) is 14.1. The second-order valence-corrected chi connectivity index (χ2v) is 5.21. The lowest BCUT2D eigenvalue weighted by Gasteiger charge is -2.16. The van der Waals surface area contributed by atoms with Crippen LogP contribution in [0.15, 0.2) is 48.5 Å². The number of hydrogen-bond acceptors (Lipinski definition) is 3. The molecule has 3 aromatic rings. The summed E-state index contributed by atoms with van der Waals surface area (Å²) in [5.41, 5.74) is 2.07. The number of ether oxygens (including phenoxy) is 1. The predicted octanol–water partition coefficient (Wildman–Crippen LogP) is 3.60. The fourth-order valence-corrected chi connectivity index (χ4v) is 2.83. The van der Waals surface area contributed by atoms with Gasteiger partial charge in [-0.25, -0.2) is 4.39 Å². The molecule has 0 saturated carbocycles. The van der Waals surface area contributed by atoms with Crippen LogP contribution in [0.4, 0.5) is 4.39 Å². The summed E-state index contributed by atoms with van der Waals surface area (Å²) in [7, 11) is 1.16. The lowest BCUT2D eigenvalue weighted by atomic mass is 9.97. The summed E-state index contributed by atoms with van der Waals surface area (Å²) in [5.74, 6) is 0.878. The van der Waals surface area contributed by atoms with Gasteiger partial charge in [0.15, 0.2) is 0 Å². The Balaban J connectivity index is 2.31. The molecule has 0 heterocycles. The van der Waals surface area contributed by atoms with Crippen LogP contribution in [0, 0.1) is 12.7 Å². The number of halogens is 1.